The van der Waals surface area contributed by atoms with Gasteiger partial charge in [-0.15, -0.1) is 0 Å². The zero-order chi connectivity index (χ0) is 12.6. The van der Waals surface area contributed by atoms with Gasteiger partial charge < -0.3 is 0 Å². The molecule has 7 heteroatoms. The molecule has 0 unspecified atom stereocenters. The first-order chi connectivity index (χ1) is 7.29. The monoisotopic (exact) mass is 244 g/mol. The number of hydrogen-bond acceptors (Lipinski definition) is 0. The minimum atomic E-state index is -2.82. The van der Waals surface area contributed by atoms with E-state index >= 15 is 0 Å². The Morgan fingerprint density at radius 2 is 1.06 bits per heavy atom. The Balaban J connectivity index is 4.12. The molecule has 0 aliphatic carbocycles. The van der Waals surface area contributed by atoms with Crippen LogP contribution in [0.5, 0.6) is 0 Å². The molecule has 0 amide bonds. The van der Waals surface area contributed by atoms with Crippen LogP contribution in [0.1, 0.15) is 5.56 Å². The summed E-state index contributed by atoms with van der Waals surface area (Å²) in [5.41, 5.74) is -1.07. The van der Waals surface area contributed by atoms with E-state index in [1.165, 1.54) is 0 Å². The zero-order valence-corrected chi connectivity index (χ0v) is 7.65. The van der Waals surface area contributed by atoms with Gasteiger partial charge in [0.25, 0.3) is 12.2 Å². The number of benzene rings is 1. The Bertz CT molecular complexity index is 464. The summed E-state index contributed by atoms with van der Waals surface area (Å²) in [5, 5.41) is -3.54. The second-order valence-electron chi connectivity index (χ2n) is 2.84. The third-order valence-corrected chi connectivity index (χ3v) is 1.93. The maximum atomic E-state index is 13.1. The van der Waals surface area contributed by atoms with Crippen molar-refractivity contribution in [1.29, 1.82) is 0 Å². The topological polar surface area (TPSA) is 0 Å². The summed E-state index contributed by atoms with van der Waals surface area (Å²) in [4.78, 5) is 0. The van der Waals surface area contributed by atoms with Gasteiger partial charge in [-0.2, -0.15) is 17.6 Å². The molecule has 0 aliphatic heterocycles. The van der Waals surface area contributed by atoms with Gasteiger partial charge in [0.2, 0.25) is 0 Å². The Hall–Kier alpha value is -1.53. The van der Waals surface area contributed by atoms with E-state index in [0.29, 0.717) is 6.92 Å². The molecular weight excluding hydrogens is 241 g/mol. The molecule has 88 valence electrons. The first-order valence-electron chi connectivity index (χ1n) is 3.82. The molecule has 16 heavy (non-hydrogen) atoms. The van der Waals surface area contributed by atoms with Crippen LogP contribution in [-0.4, -0.2) is 0 Å². The Labute approximate surface area is 84.3 Å². The Kier molecular flexibility index (Phi) is 3.25. The quantitative estimate of drug-likeness (QED) is 0.485. The fourth-order valence-corrected chi connectivity index (χ4v) is 1.17. The lowest BCUT2D eigenvalue weighted by molar-refractivity contribution is 0.447. The molecule has 0 aromatic heterocycles. The highest BCUT2D eigenvalue weighted by Crippen LogP contribution is 2.09. The normalized spacial score (nSPS) is 10.5. The summed E-state index contributed by atoms with van der Waals surface area (Å²) in [6, 6.07) is 0. The van der Waals surface area contributed by atoms with Crippen LogP contribution in [0.4, 0.5) is 30.7 Å². The lowest BCUT2D eigenvalue weighted by atomic mass is 10.1. The summed E-state index contributed by atoms with van der Waals surface area (Å²) in [7, 11) is 0. The highest BCUT2D eigenvalue weighted by Gasteiger charge is 2.20. The number of hydrogen-bond donors (Lipinski definition) is 0. The smallest absolute Gasteiger partial charge is 0.206 e. The van der Waals surface area contributed by atoms with E-state index in [1.807, 2.05) is 0 Å². The van der Waals surface area contributed by atoms with Crippen LogP contribution in [0, 0.1) is 24.4 Å². The number of halogens is 7. The molecule has 0 radical (unpaired) electrons. The molecule has 0 saturated carbocycles. The van der Waals surface area contributed by atoms with Crippen molar-refractivity contribution in [2.75, 3.05) is 0 Å². The number of rotatable bonds is 0. The Morgan fingerprint density at radius 3 is 1.44 bits per heavy atom. The van der Waals surface area contributed by atoms with Gasteiger partial charge in [0, 0.05) is 5.56 Å². The van der Waals surface area contributed by atoms with Crippen LogP contribution in [0.15, 0.2) is 0 Å². The van der Waals surface area contributed by atoms with E-state index in [9.17, 15) is 30.7 Å². The SMILES string of the molecule is Cc1c(F)c(=C(F)F)c(F)c(F)c1=C(F)F. The van der Waals surface area contributed by atoms with E-state index < -0.39 is 45.6 Å². The molecular formula is C9H3F7. The van der Waals surface area contributed by atoms with Gasteiger partial charge in [0.15, 0.2) is 11.6 Å². The van der Waals surface area contributed by atoms with Gasteiger partial charge >= 0.3 is 0 Å². The van der Waals surface area contributed by atoms with Gasteiger partial charge in [0.05, 0.1) is 5.22 Å². The maximum absolute atomic E-state index is 13.1. The molecule has 0 fully saturated rings. The van der Waals surface area contributed by atoms with Crippen molar-refractivity contribution in [2.24, 2.45) is 0 Å². The highest BCUT2D eigenvalue weighted by molar-refractivity contribution is 5.38. The largest absolute Gasteiger partial charge is 0.283 e. The van der Waals surface area contributed by atoms with Crippen LogP contribution in [0.3, 0.4) is 0 Å². The van der Waals surface area contributed by atoms with Crippen LogP contribution in [-0.2, 0) is 0 Å². The lowest BCUT2D eigenvalue weighted by Gasteiger charge is -2.02. The fourth-order valence-electron chi connectivity index (χ4n) is 1.17. The molecule has 1 aromatic rings. The van der Waals surface area contributed by atoms with Crippen LogP contribution in [0.2, 0.25) is 0 Å². The van der Waals surface area contributed by atoms with Gasteiger partial charge in [-0.1, -0.05) is 0 Å². The summed E-state index contributed by atoms with van der Waals surface area (Å²) >= 11 is 0. The van der Waals surface area contributed by atoms with Crippen molar-refractivity contribution in [1.82, 2.24) is 0 Å². The van der Waals surface area contributed by atoms with Crippen molar-refractivity contribution in [2.45, 2.75) is 6.92 Å². The maximum Gasteiger partial charge on any atom is 0.283 e. The molecule has 0 N–H and O–H groups in total. The lowest BCUT2D eigenvalue weighted by Crippen LogP contribution is -2.28. The average molecular weight is 244 g/mol. The second-order valence-corrected chi connectivity index (χ2v) is 2.84. The van der Waals surface area contributed by atoms with E-state index in [0.717, 1.165) is 0 Å². The molecule has 0 heterocycles. The van der Waals surface area contributed by atoms with Crippen molar-refractivity contribution in [3.63, 3.8) is 0 Å². The molecule has 0 atom stereocenters. The summed E-state index contributed by atoms with van der Waals surface area (Å²) < 4.78 is 87.2. The van der Waals surface area contributed by atoms with E-state index in [4.69, 9.17) is 0 Å². The first-order valence-corrected chi connectivity index (χ1v) is 3.82. The van der Waals surface area contributed by atoms with E-state index in [1.54, 1.807) is 0 Å². The van der Waals surface area contributed by atoms with Crippen LogP contribution < -0.4 is 10.4 Å². The van der Waals surface area contributed by atoms with Gasteiger partial charge in [-0.25, -0.2) is 13.2 Å². The van der Waals surface area contributed by atoms with Gasteiger partial charge in [0.1, 0.15) is 11.0 Å². The molecule has 0 saturated heterocycles. The second kappa shape index (κ2) is 4.15. The summed E-state index contributed by atoms with van der Waals surface area (Å²) in [5.74, 6) is -6.42. The molecule has 0 bridgehead atoms. The predicted octanol–water partition coefficient (Wildman–Crippen LogP) is 2.42. The fraction of sp³-hybridized carbons (Fsp3) is 0.111. The average Bonchev–Trinajstić information content (AvgIpc) is 2.14. The van der Waals surface area contributed by atoms with E-state index in [-0.39, 0.29) is 0 Å². The van der Waals surface area contributed by atoms with E-state index in [2.05, 4.69) is 0 Å². The zero-order valence-electron chi connectivity index (χ0n) is 7.65. The first kappa shape index (κ1) is 12.5. The highest BCUT2D eigenvalue weighted by atomic mass is 19.3. The minimum absolute atomic E-state index is 0.652. The molecule has 0 spiro atoms. The molecule has 1 rings (SSSR count). The van der Waals surface area contributed by atoms with Crippen molar-refractivity contribution in [3.8, 4) is 0 Å². The van der Waals surface area contributed by atoms with Crippen LogP contribution >= 0.6 is 0 Å². The summed E-state index contributed by atoms with van der Waals surface area (Å²) in [6.07, 6.45) is -5.50. The van der Waals surface area contributed by atoms with Gasteiger partial charge in [-0.05, 0) is 6.92 Å². The van der Waals surface area contributed by atoms with Crippen molar-refractivity contribution < 1.29 is 30.7 Å². The van der Waals surface area contributed by atoms with Crippen molar-refractivity contribution in [3.05, 3.63) is 33.5 Å². The molecule has 1 aromatic carbocycles. The van der Waals surface area contributed by atoms with Gasteiger partial charge in [-0.3, -0.25) is 0 Å². The van der Waals surface area contributed by atoms with Crippen molar-refractivity contribution >= 4 is 12.2 Å². The third kappa shape index (κ3) is 1.77. The Morgan fingerprint density at radius 1 is 0.688 bits per heavy atom. The minimum Gasteiger partial charge on any atom is -0.206 e. The summed E-state index contributed by atoms with van der Waals surface area (Å²) in [6.45, 7) is 0.652. The standard InChI is InChI=1S/C9H3F7/c1-2-3(8(13)14)6(11)7(12)4(5(2)10)9(15)16/h1H3. The predicted molar refractivity (Wildman–Crippen MR) is 41.6 cm³/mol. The molecule has 0 aliphatic rings. The third-order valence-electron chi connectivity index (χ3n) is 1.93. The molecule has 0 nitrogen and oxygen atoms in total. The van der Waals surface area contributed by atoms with Crippen LogP contribution in [0.25, 0.3) is 12.2 Å².